The van der Waals surface area contributed by atoms with Gasteiger partial charge in [-0.15, -0.1) is 0 Å². The zero-order valence-electron chi connectivity index (χ0n) is 12.4. The lowest BCUT2D eigenvalue weighted by molar-refractivity contribution is 0.0279. The molecular formula is C14H23N3OS. The molecule has 1 unspecified atom stereocenters. The summed E-state index contributed by atoms with van der Waals surface area (Å²) >= 11 is 1.40. The van der Waals surface area contributed by atoms with Crippen LogP contribution >= 0.6 is 11.5 Å². The molecule has 1 atom stereocenters. The number of carbonyl (C=O) groups is 1. The first-order valence-corrected chi connectivity index (χ1v) is 7.49. The highest BCUT2D eigenvalue weighted by Gasteiger charge is 2.35. The minimum absolute atomic E-state index is 0.0756. The third kappa shape index (κ3) is 3.15. The van der Waals surface area contributed by atoms with Crippen molar-refractivity contribution in [2.45, 2.75) is 33.7 Å². The maximum absolute atomic E-state index is 12.4. The van der Waals surface area contributed by atoms with E-state index in [9.17, 15) is 4.79 Å². The molecule has 0 N–H and O–H groups in total. The van der Waals surface area contributed by atoms with E-state index in [1.807, 2.05) is 17.9 Å². The Labute approximate surface area is 119 Å². The summed E-state index contributed by atoms with van der Waals surface area (Å²) in [5.74, 6) is 0.0756. The Morgan fingerprint density at radius 1 is 1.42 bits per heavy atom. The van der Waals surface area contributed by atoms with Crippen LogP contribution in [0.15, 0.2) is 6.07 Å². The first-order valence-electron chi connectivity index (χ1n) is 6.72. The minimum atomic E-state index is 0.0756. The van der Waals surface area contributed by atoms with Gasteiger partial charge in [-0.2, -0.15) is 4.37 Å². The standard InChI is InChI=1S/C14H23N3OS/c1-10-8-11(15-19-10)13(18)17-7-6-16(5)12(9-17)14(2,3)4/h8,12H,6-7,9H2,1-5H3. The normalized spacial score (nSPS) is 21.7. The van der Waals surface area contributed by atoms with Gasteiger partial charge < -0.3 is 4.90 Å². The summed E-state index contributed by atoms with van der Waals surface area (Å²) in [5.41, 5.74) is 0.769. The Hall–Kier alpha value is -0.940. The van der Waals surface area contributed by atoms with E-state index in [1.165, 1.54) is 11.5 Å². The van der Waals surface area contributed by atoms with Crippen LogP contribution in [-0.4, -0.2) is 52.8 Å². The van der Waals surface area contributed by atoms with Crippen LogP contribution in [0.3, 0.4) is 0 Å². The van der Waals surface area contributed by atoms with Gasteiger partial charge in [-0.1, -0.05) is 20.8 Å². The first-order chi connectivity index (χ1) is 8.79. The second-order valence-electron chi connectivity index (χ2n) is 6.44. The molecule has 2 heterocycles. The Morgan fingerprint density at radius 3 is 2.63 bits per heavy atom. The fraction of sp³-hybridized carbons (Fsp3) is 0.714. The van der Waals surface area contributed by atoms with E-state index in [-0.39, 0.29) is 11.3 Å². The van der Waals surface area contributed by atoms with Crippen molar-refractivity contribution in [3.63, 3.8) is 0 Å². The molecule has 1 fully saturated rings. The van der Waals surface area contributed by atoms with Gasteiger partial charge >= 0.3 is 0 Å². The largest absolute Gasteiger partial charge is 0.334 e. The maximum atomic E-state index is 12.4. The summed E-state index contributed by atoms with van der Waals surface area (Å²) < 4.78 is 4.23. The molecule has 106 valence electrons. The predicted molar refractivity (Wildman–Crippen MR) is 78.6 cm³/mol. The molecule has 0 bridgehead atoms. The first kappa shape index (κ1) is 14.5. The van der Waals surface area contributed by atoms with Gasteiger partial charge in [-0.3, -0.25) is 9.69 Å². The van der Waals surface area contributed by atoms with Crippen molar-refractivity contribution in [2.75, 3.05) is 26.7 Å². The van der Waals surface area contributed by atoms with Crippen LogP contribution < -0.4 is 0 Å². The summed E-state index contributed by atoms with van der Waals surface area (Å²) in [6.07, 6.45) is 0. The maximum Gasteiger partial charge on any atom is 0.273 e. The number of aromatic nitrogens is 1. The van der Waals surface area contributed by atoms with Crippen molar-refractivity contribution >= 4 is 17.4 Å². The Kier molecular flexibility index (Phi) is 3.97. The number of nitrogens with zero attached hydrogens (tertiary/aromatic N) is 3. The topological polar surface area (TPSA) is 36.4 Å². The van der Waals surface area contributed by atoms with E-state index in [0.717, 1.165) is 24.5 Å². The molecule has 0 spiro atoms. The molecule has 0 aliphatic carbocycles. The van der Waals surface area contributed by atoms with E-state index in [2.05, 4.69) is 37.1 Å². The molecule has 1 saturated heterocycles. The van der Waals surface area contributed by atoms with Crippen molar-refractivity contribution in [2.24, 2.45) is 5.41 Å². The van der Waals surface area contributed by atoms with Crippen LogP contribution in [-0.2, 0) is 0 Å². The van der Waals surface area contributed by atoms with E-state index >= 15 is 0 Å². The molecule has 0 aromatic carbocycles. The fourth-order valence-electron chi connectivity index (χ4n) is 2.62. The quantitative estimate of drug-likeness (QED) is 0.792. The molecular weight excluding hydrogens is 258 g/mol. The number of carbonyl (C=O) groups excluding carboxylic acids is 1. The molecule has 5 heteroatoms. The third-order valence-electron chi connectivity index (χ3n) is 3.78. The molecule has 19 heavy (non-hydrogen) atoms. The van der Waals surface area contributed by atoms with Gasteiger partial charge in [0.15, 0.2) is 0 Å². The molecule has 2 rings (SSSR count). The summed E-state index contributed by atoms with van der Waals surface area (Å²) in [7, 11) is 2.14. The number of likely N-dealkylation sites (N-methyl/N-ethyl adjacent to an activating group) is 1. The number of amides is 1. The Balaban J connectivity index is 2.12. The number of hydrogen-bond donors (Lipinski definition) is 0. The number of hydrogen-bond acceptors (Lipinski definition) is 4. The summed E-state index contributed by atoms with van der Waals surface area (Å²) in [6, 6.07) is 2.28. The van der Waals surface area contributed by atoms with Crippen LogP contribution in [0.25, 0.3) is 0 Å². The van der Waals surface area contributed by atoms with Crippen molar-refractivity contribution in [1.29, 1.82) is 0 Å². The van der Waals surface area contributed by atoms with Gasteiger partial charge in [0.25, 0.3) is 5.91 Å². The summed E-state index contributed by atoms with van der Waals surface area (Å²) in [6.45, 7) is 11.2. The van der Waals surface area contributed by atoms with Crippen molar-refractivity contribution in [3.8, 4) is 0 Å². The van der Waals surface area contributed by atoms with E-state index in [0.29, 0.717) is 11.7 Å². The van der Waals surface area contributed by atoms with Crippen LogP contribution in [0.4, 0.5) is 0 Å². The second kappa shape index (κ2) is 5.21. The minimum Gasteiger partial charge on any atom is -0.334 e. The zero-order chi connectivity index (χ0) is 14.2. The molecule has 0 radical (unpaired) electrons. The van der Waals surface area contributed by atoms with Crippen molar-refractivity contribution < 1.29 is 4.79 Å². The number of piperazine rings is 1. The van der Waals surface area contributed by atoms with Gasteiger partial charge in [-0.05, 0) is 37.0 Å². The van der Waals surface area contributed by atoms with Crippen molar-refractivity contribution in [1.82, 2.24) is 14.2 Å². The summed E-state index contributed by atoms with van der Waals surface area (Å²) in [4.78, 5) is 17.8. The van der Waals surface area contributed by atoms with Gasteiger partial charge in [0, 0.05) is 30.6 Å². The molecule has 0 saturated carbocycles. The molecule has 1 aromatic rings. The lowest BCUT2D eigenvalue weighted by Crippen LogP contribution is -2.57. The molecule has 4 nitrogen and oxygen atoms in total. The second-order valence-corrected chi connectivity index (χ2v) is 7.45. The molecule has 1 aromatic heterocycles. The SMILES string of the molecule is Cc1cc(C(=O)N2CCN(C)C(C(C)(C)C)C2)ns1. The highest BCUT2D eigenvalue weighted by molar-refractivity contribution is 7.05. The fourth-order valence-corrected chi connectivity index (χ4v) is 3.16. The van der Waals surface area contributed by atoms with Gasteiger partial charge in [-0.25, -0.2) is 0 Å². The lowest BCUT2D eigenvalue weighted by atomic mass is 9.84. The number of aryl methyl sites for hydroxylation is 1. The van der Waals surface area contributed by atoms with Crippen LogP contribution in [0, 0.1) is 12.3 Å². The van der Waals surface area contributed by atoms with Crippen LogP contribution in [0.1, 0.15) is 36.1 Å². The predicted octanol–water partition coefficient (Wildman–Crippen LogP) is 2.25. The summed E-state index contributed by atoms with van der Waals surface area (Å²) in [5, 5.41) is 0. The smallest absolute Gasteiger partial charge is 0.273 e. The molecule has 1 aliphatic rings. The monoisotopic (exact) mass is 281 g/mol. The van der Waals surface area contributed by atoms with Crippen LogP contribution in [0.5, 0.6) is 0 Å². The highest BCUT2D eigenvalue weighted by Crippen LogP contribution is 2.27. The Morgan fingerprint density at radius 2 is 2.11 bits per heavy atom. The van der Waals surface area contributed by atoms with Crippen LogP contribution in [0.2, 0.25) is 0 Å². The highest BCUT2D eigenvalue weighted by atomic mass is 32.1. The average molecular weight is 281 g/mol. The molecule has 1 aliphatic heterocycles. The van der Waals surface area contributed by atoms with Gasteiger partial charge in [0.05, 0.1) is 0 Å². The van der Waals surface area contributed by atoms with E-state index < -0.39 is 0 Å². The van der Waals surface area contributed by atoms with Crippen molar-refractivity contribution in [3.05, 3.63) is 16.6 Å². The zero-order valence-corrected chi connectivity index (χ0v) is 13.3. The van der Waals surface area contributed by atoms with E-state index in [1.54, 1.807) is 0 Å². The Bertz CT molecular complexity index is 464. The molecule has 1 amide bonds. The lowest BCUT2D eigenvalue weighted by Gasteiger charge is -2.45. The van der Waals surface area contributed by atoms with Gasteiger partial charge in [0.2, 0.25) is 0 Å². The average Bonchev–Trinajstić information content (AvgIpc) is 2.74. The van der Waals surface area contributed by atoms with Gasteiger partial charge in [0.1, 0.15) is 5.69 Å². The van der Waals surface area contributed by atoms with E-state index in [4.69, 9.17) is 0 Å². The number of rotatable bonds is 1. The third-order valence-corrected chi connectivity index (χ3v) is 4.48.